The molecule has 3 nitrogen and oxygen atoms in total. The third kappa shape index (κ3) is 3.16. The van der Waals surface area contributed by atoms with Crippen LogP contribution in [-0.2, 0) is 11.8 Å². The Morgan fingerprint density at radius 1 is 1.09 bits per heavy atom. The Morgan fingerprint density at radius 3 is 2.55 bits per heavy atom. The average molecular weight is 296 g/mol. The van der Waals surface area contributed by atoms with Crippen LogP contribution < -0.4 is 10.5 Å². The van der Waals surface area contributed by atoms with Gasteiger partial charge >= 0.3 is 0 Å². The van der Waals surface area contributed by atoms with Crippen molar-refractivity contribution in [3.63, 3.8) is 0 Å². The second-order valence-electron chi connectivity index (χ2n) is 6.28. The Kier molecular flexibility index (Phi) is 4.46. The highest BCUT2D eigenvalue weighted by atomic mass is 16.5. The minimum atomic E-state index is 0.193. The van der Waals surface area contributed by atoms with E-state index in [2.05, 4.69) is 60.5 Å². The van der Waals surface area contributed by atoms with E-state index in [1.807, 2.05) is 6.07 Å². The molecule has 0 bridgehead atoms. The van der Waals surface area contributed by atoms with Gasteiger partial charge in [0.25, 0.3) is 0 Å². The monoisotopic (exact) mass is 296 g/mol. The maximum atomic E-state index is 5.70. The van der Waals surface area contributed by atoms with Crippen LogP contribution in [0.4, 0.5) is 0 Å². The third-order valence-electron chi connectivity index (χ3n) is 4.36. The molecule has 2 aromatic carbocycles. The highest BCUT2D eigenvalue weighted by Crippen LogP contribution is 2.38. The van der Waals surface area contributed by atoms with E-state index < -0.39 is 0 Å². The lowest BCUT2D eigenvalue weighted by molar-refractivity contribution is 0.0930. The highest BCUT2D eigenvalue weighted by Gasteiger charge is 2.42. The van der Waals surface area contributed by atoms with Crippen LogP contribution in [0.2, 0.25) is 0 Å². The van der Waals surface area contributed by atoms with Crippen LogP contribution in [0.3, 0.4) is 0 Å². The van der Waals surface area contributed by atoms with Gasteiger partial charge in [0.05, 0.1) is 0 Å². The molecular formula is C19H24N2O. The third-order valence-corrected chi connectivity index (χ3v) is 4.36. The molecule has 1 heterocycles. The molecule has 0 aromatic heterocycles. The molecular weight excluding hydrogens is 272 g/mol. The molecule has 2 N–H and O–H groups in total. The van der Waals surface area contributed by atoms with Crippen LogP contribution in [0, 0.1) is 0 Å². The number of nitrogens with two attached hydrogens (primary N) is 1. The molecule has 0 aliphatic carbocycles. The van der Waals surface area contributed by atoms with Gasteiger partial charge in [0, 0.05) is 25.0 Å². The normalized spacial score (nSPS) is 17.0. The fourth-order valence-corrected chi connectivity index (χ4v) is 3.46. The molecule has 3 heteroatoms. The number of hydrogen-bond acceptors (Lipinski definition) is 3. The molecule has 0 radical (unpaired) electrons. The van der Waals surface area contributed by atoms with E-state index in [0.29, 0.717) is 13.2 Å². The first-order chi connectivity index (χ1) is 10.7. The van der Waals surface area contributed by atoms with Crippen LogP contribution in [0.1, 0.15) is 11.1 Å². The van der Waals surface area contributed by atoms with Crippen LogP contribution in [-0.4, -0.2) is 38.2 Å². The van der Waals surface area contributed by atoms with Gasteiger partial charge in [-0.1, -0.05) is 42.5 Å². The fraction of sp³-hybridized carbons (Fsp3) is 0.368. The van der Waals surface area contributed by atoms with Crippen molar-refractivity contribution in [1.29, 1.82) is 0 Å². The van der Waals surface area contributed by atoms with Crippen LogP contribution >= 0.6 is 0 Å². The lowest BCUT2D eigenvalue weighted by Crippen LogP contribution is -2.58. The van der Waals surface area contributed by atoms with Gasteiger partial charge in [-0.25, -0.2) is 0 Å². The van der Waals surface area contributed by atoms with E-state index in [9.17, 15) is 0 Å². The second kappa shape index (κ2) is 6.51. The Labute approximate surface area is 132 Å². The first-order valence-electron chi connectivity index (χ1n) is 7.88. The van der Waals surface area contributed by atoms with E-state index in [-0.39, 0.29) is 5.41 Å². The highest BCUT2D eigenvalue weighted by molar-refractivity contribution is 5.38. The Bertz CT molecular complexity index is 606. The minimum Gasteiger partial charge on any atom is -0.492 e. The Morgan fingerprint density at radius 2 is 1.86 bits per heavy atom. The van der Waals surface area contributed by atoms with Crippen molar-refractivity contribution < 1.29 is 4.74 Å². The van der Waals surface area contributed by atoms with E-state index in [4.69, 9.17) is 10.5 Å². The van der Waals surface area contributed by atoms with Gasteiger partial charge < -0.3 is 15.4 Å². The summed E-state index contributed by atoms with van der Waals surface area (Å²) in [6.07, 6.45) is 1.07. The van der Waals surface area contributed by atoms with Gasteiger partial charge in [-0.15, -0.1) is 0 Å². The Hall–Kier alpha value is -1.84. The predicted molar refractivity (Wildman–Crippen MR) is 90.3 cm³/mol. The molecule has 1 saturated heterocycles. The van der Waals surface area contributed by atoms with E-state index in [1.54, 1.807) is 0 Å². The van der Waals surface area contributed by atoms with Crippen molar-refractivity contribution in [2.75, 3.05) is 33.3 Å². The maximum Gasteiger partial charge on any atom is 0.119 e. The zero-order chi connectivity index (χ0) is 15.4. The fourth-order valence-electron chi connectivity index (χ4n) is 3.46. The van der Waals surface area contributed by atoms with Gasteiger partial charge in [-0.3, -0.25) is 0 Å². The van der Waals surface area contributed by atoms with Crippen LogP contribution in [0.25, 0.3) is 0 Å². The summed E-state index contributed by atoms with van der Waals surface area (Å²) in [6.45, 7) is 3.28. The van der Waals surface area contributed by atoms with Crippen molar-refractivity contribution >= 4 is 0 Å². The summed E-state index contributed by atoms with van der Waals surface area (Å²) in [5.41, 5.74) is 8.48. The van der Waals surface area contributed by atoms with Gasteiger partial charge in [0.15, 0.2) is 0 Å². The molecule has 1 fully saturated rings. The Balaban J connectivity index is 1.84. The number of likely N-dealkylation sites (N-methyl/N-ethyl adjacent to an activating group) is 1. The molecule has 1 aliphatic rings. The standard InChI is InChI=1S/C19H24N2O/c1-21-14-19(15-21,13-16-6-3-2-4-7-16)17-8-5-9-18(12-17)22-11-10-20/h2-9,12H,10-11,13-15,20H2,1H3. The summed E-state index contributed by atoms with van der Waals surface area (Å²) in [6, 6.07) is 19.3. The number of rotatable bonds is 6. The maximum absolute atomic E-state index is 5.70. The lowest BCUT2D eigenvalue weighted by atomic mass is 9.70. The molecule has 0 saturated carbocycles. The summed E-state index contributed by atoms with van der Waals surface area (Å²) >= 11 is 0. The van der Waals surface area contributed by atoms with E-state index >= 15 is 0 Å². The van der Waals surface area contributed by atoms with Crippen molar-refractivity contribution in [1.82, 2.24) is 4.90 Å². The van der Waals surface area contributed by atoms with Crippen LogP contribution in [0.5, 0.6) is 5.75 Å². The molecule has 0 unspecified atom stereocenters. The van der Waals surface area contributed by atoms with Crippen molar-refractivity contribution in [2.45, 2.75) is 11.8 Å². The number of nitrogens with zero attached hydrogens (tertiary/aromatic N) is 1. The van der Waals surface area contributed by atoms with Crippen molar-refractivity contribution in [3.05, 3.63) is 65.7 Å². The first-order valence-corrected chi connectivity index (χ1v) is 7.88. The van der Waals surface area contributed by atoms with Gasteiger partial charge in [0.2, 0.25) is 0 Å². The van der Waals surface area contributed by atoms with Gasteiger partial charge in [0.1, 0.15) is 12.4 Å². The molecule has 0 spiro atoms. The largest absolute Gasteiger partial charge is 0.492 e. The van der Waals surface area contributed by atoms with E-state index in [1.165, 1.54) is 11.1 Å². The zero-order valence-corrected chi connectivity index (χ0v) is 13.2. The average Bonchev–Trinajstić information content (AvgIpc) is 2.52. The molecule has 3 rings (SSSR count). The number of benzene rings is 2. The summed E-state index contributed by atoms with van der Waals surface area (Å²) in [4.78, 5) is 2.37. The van der Waals surface area contributed by atoms with Gasteiger partial charge in [-0.05, 0) is 36.7 Å². The zero-order valence-electron chi connectivity index (χ0n) is 13.2. The lowest BCUT2D eigenvalue weighted by Gasteiger charge is -2.49. The van der Waals surface area contributed by atoms with Crippen molar-refractivity contribution in [2.24, 2.45) is 5.73 Å². The summed E-state index contributed by atoms with van der Waals surface area (Å²) in [7, 11) is 2.18. The number of likely N-dealkylation sites (tertiary alicyclic amines) is 1. The quantitative estimate of drug-likeness (QED) is 0.890. The number of hydrogen-bond donors (Lipinski definition) is 1. The predicted octanol–water partition coefficient (Wildman–Crippen LogP) is 2.45. The molecule has 22 heavy (non-hydrogen) atoms. The van der Waals surface area contributed by atoms with Gasteiger partial charge in [-0.2, -0.15) is 0 Å². The smallest absolute Gasteiger partial charge is 0.119 e. The topological polar surface area (TPSA) is 38.5 Å². The molecule has 0 amide bonds. The summed E-state index contributed by atoms with van der Waals surface area (Å²) < 4.78 is 5.70. The summed E-state index contributed by atoms with van der Waals surface area (Å²) in [5, 5.41) is 0. The number of ether oxygens (including phenoxy) is 1. The SMILES string of the molecule is CN1CC(Cc2ccccc2)(c2cccc(OCCN)c2)C1. The minimum absolute atomic E-state index is 0.193. The summed E-state index contributed by atoms with van der Waals surface area (Å²) in [5.74, 6) is 0.921. The van der Waals surface area contributed by atoms with E-state index in [0.717, 1.165) is 25.3 Å². The molecule has 0 atom stereocenters. The van der Waals surface area contributed by atoms with Crippen molar-refractivity contribution in [3.8, 4) is 5.75 Å². The van der Waals surface area contributed by atoms with Crippen LogP contribution in [0.15, 0.2) is 54.6 Å². The molecule has 2 aromatic rings. The first kappa shape index (κ1) is 15.1. The molecule has 1 aliphatic heterocycles. The second-order valence-corrected chi connectivity index (χ2v) is 6.28. The molecule has 116 valence electrons.